The minimum Gasteiger partial charge on any atom is -0.497 e. The number of methoxy groups -OCH3 is 1. The molecule has 2 aliphatic heterocycles. The van der Waals surface area contributed by atoms with E-state index in [1.807, 2.05) is 24.3 Å². The highest BCUT2D eigenvalue weighted by atomic mass is 19.1. The average molecular weight is 494 g/mol. The number of hydrogen-bond acceptors (Lipinski definition) is 6. The van der Waals surface area contributed by atoms with Crippen molar-refractivity contribution >= 4 is 11.8 Å². The Morgan fingerprint density at radius 2 is 1.94 bits per heavy atom. The first-order chi connectivity index (χ1) is 17.5. The van der Waals surface area contributed by atoms with E-state index in [0.717, 1.165) is 11.3 Å². The zero-order chi connectivity index (χ0) is 25.1. The first-order valence-electron chi connectivity index (χ1n) is 12.0. The SMILES string of the molecule is COc1ccc([C@H]2Cn3nnc(C(=O)N4CCC(C(=O)NCc5cccc(F)c5)CC4)c3CO2)cc1. The number of piperidine rings is 1. The van der Waals surface area contributed by atoms with Crippen molar-refractivity contribution in [2.75, 3.05) is 20.2 Å². The maximum atomic E-state index is 13.3. The molecule has 0 spiro atoms. The summed E-state index contributed by atoms with van der Waals surface area (Å²) in [4.78, 5) is 27.5. The van der Waals surface area contributed by atoms with Gasteiger partial charge in [0.2, 0.25) is 5.91 Å². The van der Waals surface area contributed by atoms with Crippen LogP contribution < -0.4 is 10.1 Å². The van der Waals surface area contributed by atoms with Gasteiger partial charge in [0.15, 0.2) is 5.69 Å². The number of amides is 2. The molecule has 0 unspecified atom stereocenters. The average Bonchev–Trinajstić information content (AvgIpc) is 3.35. The fourth-order valence-corrected chi connectivity index (χ4v) is 4.67. The molecule has 1 aromatic heterocycles. The number of rotatable bonds is 6. The summed E-state index contributed by atoms with van der Waals surface area (Å²) in [5, 5.41) is 11.2. The highest BCUT2D eigenvalue weighted by Crippen LogP contribution is 2.29. The summed E-state index contributed by atoms with van der Waals surface area (Å²) in [6.07, 6.45) is 0.926. The molecule has 1 atom stereocenters. The molecule has 1 saturated heterocycles. The Morgan fingerprint density at radius 3 is 2.67 bits per heavy atom. The van der Waals surface area contributed by atoms with Gasteiger partial charge in [-0.3, -0.25) is 9.59 Å². The van der Waals surface area contributed by atoms with Crippen LogP contribution in [0, 0.1) is 11.7 Å². The molecule has 0 saturated carbocycles. The summed E-state index contributed by atoms with van der Waals surface area (Å²) in [7, 11) is 1.62. The van der Waals surface area contributed by atoms with Crippen molar-refractivity contribution in [3.63, 3.8) is 0 Å². The molecule has 1 N–H and O–H groups in total. The van der Waals surface area contributed by atoms with Gasteiger partial charge in [-0.1, -0.05) is 29.5 Å². The number of nitrogens with one attached hydrogen (secondary N) is 1. The number of nitrogens with zero attached hydrogens (tertiary/aromatic N) is 4. The molecule has 0 bridgehead atoms. The van der Waals surface area contributed by atoms with Crippen molar-refractivity contribution < 1.29 is 23.5 Å². The third-order valence-electron chi connectivity index (χ3n) is 6.80. The summed E-state index contributed by atoms with van der Waals surface area (Å²) >= 11 is 0. The second kappa shape index (κ2) is 10.4. The lowest BCUT2D eigenvalue weighted by Crippen LogP contribution is -2.43. The van der Waals surface area contributed by atoms with Gasteiger partial charge in [0, 0.05) is 25.6 Å². The Hall–Kier alpha value is -3.79. The van der Waals surface area contributed by atoms with Gasteiger partial charge in [-0.25, -0.2) is 9.07 Å². The van der Waals surface area contributed by atoms with Gasteiger partial charge >= 0.3 is 0 Å². The molecule has 36 heavy (non-hydrogen) atoms. The smallest absolute Gasteiger partial charge is 0.276 e. The molecule has 0 aliphatic carbocycles. The van der Waals surface area contributed by atoms with Gasteiger partial charge in [-0.05, 0) is 48.2 Å². The van der Waals surface area contributed by atoms with E-state index in [1.54, 1.807) is 28.8 Å². The van der Waals surface area contributed by atoms with E-state index in [0.29, 0.717) is 49.4 Å². The molecular weight excluding hydrogens is 465 g/mol. The fraction of sp³-hybridized carbons (Fsp3) is 0.385. The summed E-state index contributed by atoms with van der Waals surface area (Å²) in [6, 6.07) is 13.8. The summed E-state index contributed by atoms with van der Waals surface area (Å²) in [5.41, 5.74) is 2.68. The number of benzene rings is 2. The molecule has 9 nitrogen and oxygen atoms in total. The number of halogens is 1. The molecule has 3 heterocycles. The van der Waals surface area contributed by atoms with Crippen LogP contribution in [-0.4, -0.2) is 51.9 Å². The molecule has 10 heteroatoms. The molecule has 3 aromatic rings. The Morgan fingerprint density at radius 1 is 1.17 bits per heavy atom. The number of fused-ring (bicyclic) bond motifs is 1. The van der Waals surface area contributed by atoms with Crippen molar-refractivity contribution in [2.24, 2.45) is 5.92 Å². The van der Waals surface area contributed by atoms with E-state index in [-0.39, 0.29) is 42.8 Å². The van der Waals surface area contributed by atoms with Gasteiger partial charge < -0.3 is 19.7 Å². The summed E-state index contributed by atoms with van der Waals surface area (Å²) in [5.74, 6) is -0.0140. The predicted octanol–water partition coefficient (Wildman–Crippen LogP) is 2.87. The van der Waals surface area contributed by atoms with Crippen LogP contribution in [-0.2, 0) is 29.2 Å². The number of aromatic nitrogens is 3. The van der Waals surface area contributed by atoms with E-state index < -0.39 is 0 Å². The van der Waals surface area contributed by atoms with Crippen LogP contribution >= 0.6 is 0 Å². The van der Waals surface area contributed by atoms with Crippen molar-refractivity contribution in [1.82, 2.24) is 25.2 Å². The molecule has 2 amide bonds. The highest BCUT2D eigenvalue weighted by molar-refractivity contribution is 5.93. The Bertz CT molecular complexity index is 1240. The lowest BCUT2D eigenvalue weighted by molar-refractivity contribution is -0.126. The number of carbonyl (C=O) groups is 2. The predicted molar refractivity (Wildman–Crippen MR) is 127 cm³/mol. The van der Waals surface area contributed by atoms with Crippen LogP contribution in [0.5, 0.6) is 5.75 Å². The van der Waals surface area contributed by atoms with Gasteiger partial charge in [-0.2, -0.15) is 0 Å². The third kappa shape index (κ3) is 5.08. The maximum Gasteiger partial charge on any atom is 0.276 e. The lowest BCUT2D eigenvalue weighted by atomic mass is 9.95. The van der Waals surface area contributed by atoms with Gasteiger partial charge in [-0.15, -0.1) is 5.10 Å². The normalized spacial score (nSPS) is 17.9. The number of carbonyl (C=O) groups excluding carboxylic acids is 2. The second-order valence-corrected chi connectivity index (χ2v) is 9.05. The van der Waals surface area contributed by atoms with Crippen LogP contribution in [0.2, 0.25) is 0 Å². The molecule has 2 aromatic carbocycles. The molecular formula is C26H28FN5O4. The van der Waals surface area contributed by atoms with Crippen molar-refractivity contribution in [1.29, 1.82) is 0 Å². The van der Waals surface area contributed by atoms with E-state index >= 15 is 0 Å². The van der Waals surface area contributed by atoms with Crippen LogP contribution in [0.4, 0.5) is 4.39 Å². The van der Waals surface area contributed by atoms with Crippen LogP contribution in [0.3, 0.4) is 0 Å². The van der Waals surface area contributed by atoms with Gasteiger partial charge in [0.05, 0.1) is 26.0 Å². The minimum absolute atomic E-state index is 0.0784. The van der Waals surface area contributed by atoms with Crippen LogP contribution in [0.1, 0.15) is 46.3 Å². The minimum atomic E-state index is -0.328. The van der Waals surface area contributed by atoms with E-state index in [4.69, 9.17) is 9.47 Å². The van der Waals surface area contributed by atoms with E-state index in [2.05, 4.69) is 15.6 Å². The topological polar surface area (TPSA) is 98.6 Å². The lowest BCUT2D eigenvalue weighted by Gasteiger charge is -2.31. The maximum absolute atomic E-state index is 13.3. The van der Waals surface area contributed by atoms with E-state index in [9.17, 15) is 14.0 Å². The van der Waals surface area contributed by atoms with Crippen molar-refractivity contribution in [2.45, 2.75) is 38.6 Å². The van der Waals surface area contributed by atoms with Crippen LogP contribution in [0.15, 0.2) is 48.5 Å². The second-order valence-electron chi connectivity index (χ2n) is 9.05. The Kier molecular flexibility index (Phi) is 6.95. The first kappa shape index (κ1) is 23.9. The Labute approximate surface area is 208 Å². The quantitative estimate of drug-likeness (QED) is 0.567. The molecule has 1 fully saturated rings. The molecule has 188 valence electrons. The summed E-state index contributed by atoms with van der Waals surface area (Å²) in [6.45, 7) is 1.90. The third-order valence-corrected chi connectivity index (χ3v) is 6.80. The zero-order valence-electron chi connectivity index (χ0n) is 20.0. The van der Waals surface area contributed by atoms with E-state index in [1.165, 1.54) is 12.1 Å². The Balaban J connectivity index is 1.15. The molecule has 0 radical (unpaired) electrons. The number of hydrogen-bond donors (Lipinski definition) is 1. The molecule has 2 aliphatic rings. The van der Waals surface area contributed by atoms with Crippen LogP contribution in [0.25, 0.3) is 0 Å². The highest BCUT2D eigenvalue weighted by Gasteiger charge is 2.33. The molecule has 5 rings (SSSR count). The standard InChI is InChI=1S/C26H28FN5O4/c1-35-21-7-5-18(6-8-21)23-15-32-22(16-36-23)24(29-30-32)26(34)31-11-9-19(10-12-31)25(33)28-14-17-3-2-4-20(27)13-17/h2-8,13,19,23H,9-12,14-16H2,1H3,(H,28,33)/t23-/m1/s1. The van der Waals surface area contributed by atoms with Gasteiger partial charge in [0.1, 0.15) is 17.7 Å². The number of ether oxygens (including phenoxy) is 2. The number of likely N-dealkylation sites (tertiary alicyclic amines) is 1. The largest absolute Gasteiger partial charge is 0.497 e. The first-order valence-corrected chi connectivity index (χ1v) is 12.0. The monoisotopic (exact) mass is 493 g/mol. The van der Waals surface area contributed by atoms with Crippen molar-refractivity contribution in [3.8, 4) is 5.75 Å². The van der Waals surface area contributed by atoms with Gasteiger partial charge in [0.25, 0.3) is 5.91 Å². The van der Waals surface area contributed by atoms with Crippen molar-refractivity contribution in [3.05, 3.63) is 76.9 Å². The fourth-order valence-electron chi connectivity index (χ4n) is 4.67. The summed E-state index contributed by atoms with van der Waals surface area (Å²) < 4.78 is 26.3. The zero-order valence-corrected chi connectivity index (χ0v) is 20.0.